The number of hydrogen-bond donors (Lipinski definition) is 1. The van der Waals surface area contributed by atoms with Gasteiger partial charge in [0, 0.05) is 23.2 Å². The van der Waals surface area contributed by atoms with E-state index in [9.17, 15) is 0 Å². The van der Waals surface area contributed by atoms with Crippen LogP contribution in [0.4, 0.5) is 5.82 Å². The third-order valence-corrected chi connectivity index (χ3v) is 2.58. The minimum atomic E-state index is 0.409. The van der Waals surface area contributed by atoms with Crippen molar-refractivity contribution in [2.45, 2.75) is 19.8 Å². The largest absolute Gasteiger partial charge is 0.437 e. The van der Waals surface area contributed by atoms with Crippen LogP contribution in [0.2, 0.25) is 0 Å². The van der Waals surface area contributed by atoms with Crippen LogP contribution >= 0.6 is 15.9 Å². The number of nitrogens with two attached hydrogens (primary N) is 1. The summed E-state index contributed by atoms with van der Waals surface area (Å²) in [4.78, 5) is 12.5. The first-order valence-electron chi connectivity index (χ1n) is 5.59. The van der Waals surface area contributed by atoms with E-state index in [2.05, 4.69) is 37.8 Å². The van der Waals surface area contributed by atoms with Gasteiger partial charge >= 0.3 is 0 Å². The average Bonchev–Trinajstić information content (AvgIpc) is 2.28. The van der Waals surface area contributed by atoms with E-state index in [4.69, 9.17) is 10.5 Å². The Balaban J connectivity index is 2.23. The van der Waals surface area contributed by atoms with Crippen LogP contribution in [0.25, 0.3) is 0 Å². The number of hydrogen-bond acceptors (Lipinski definition) is 5. The number of ether oxygens (including phenoxy) is 1. The van der Waals surface area contributed by atoms with Gasteiger partial charge in [0.25, 0.3) is 0 Å². The molecule has 0 bridgehead atoms. The molecule has 0 radical (unpaired) electrons. The number of aromatic nitrogens is 3. The van der Waals surface area contributed by atoms with Crippen LogP contribution in [-0.2, 0) is 6.42 Å². The molecule has 0 spiro atoms. The van der Waals surface area contributed by atoms with Gasteiger partial charge < -0.3 is 10.5 Å². The summed E-state index contributed by atoms with van der Waals surface area (Å²) in [6.45, 7) is 2.06. The second-order valence-corrected chi connectivity index (χ2v) is 4.65. The SMILES string of the molecule is CCCc1nc(N)cc(Oc2cncc(Br)c2)n1. The molecule has 2 rings (SSSR count). The number of nitrogen functional groups attached to an aromatic ring is 1. The number of pyridine rings is 1. The zero-order chi connectivity index (χ0) is 13.0. The van der Waals surface area contributed by atoms with Crippen molar-refractivity contribution < 1.29 is 4.74 Å². The fourth-order valence-corrected chi connectivity index (χ4v) is 1.79. The first kappa shape index (κ1) is 12.8. The fourth-order valence-electron chi connectivity index (χ4n) is 1.45. The van der Waals surface area contributed by atoms with Crippen LogP contribution in [0, 0.1) is 0 Å². The van der Waals surface area contributed by atoms with E-state index in [0.717, 1.165) is 17.3 Å². The Morgan fingerprint density at radius 1 is 1.28 bits per heavy atom. The maximum atomic E-state index is 5.72. The van der Waals surface area contributed by atoms with Gasteiger partial charge in [-0.25, -0.2) is 4.98 Å². The lowest BCUT2D eigenvalue weighted by molar-refractivity contribution is 0.456. The summed E-state index contributed by atoms with van der Waals surface area (Å²) < 4.78 is 6.45. The molecule has 0 unspecified atom stereocenters. The van der Waals surface area contributed by atoms with Crippen molar-refractivity contribution in [3.63, 3.8) is 0 Å². The van der Waals surface area contributed by atoms with E-state index in [1.54, 1.807) is 18.5 Å². The monoisotopic (exact) mass is 308 g/mol. The minimum absolute atomic E-state index is 0.409. The Kier molecular flexibility index (Phi) is 4.09. The predicted molar refractivity (Wildman–Crippen MR) is 72.5 cm³/mol. The molecular weight excluding hydrogens is 296 g/mol. The first-order chi connectivity index (χ1) is 8.67. The lowest BCUT2D eigenvalue weighted by Gasteiger charge is -2.07. The van der Waals surface area contributed by atoms with Gasteiger partial charge in [-0.1, -0.05) is 6.92 Å². The molecule has 5 nitrogen and oxygen atoms in total. The Labute approximate surface area is 114 Å². The summed E-state index contributed by atoms with van der Waals surface area (Å²) in [6.07, 6.45) is 5.03. The number of nitrogens with zero attached hydrogens (tertiary/aromatic N) is 3. The minimum Gasteiger partial charge on any atom is -0.437 e. The maximum Gasteiger partial charge on any atom is 0.224 e. The molecule has 94 valence electrons. The zero-order valence-corrected chi connectivity index (χ0v) is 11.5. The van der Waals surface area contributed by atoms with Gasteiger partial charge in [0.15, 0.2) is 0 Å². The van der Waals surface area contributed by atoms with E-state index >= 15 is 0 Å². The summed E-state index contributed by atoms with van der Waals surface area (Å²) in [5, 5.41) is 0. The number of anilines is 1. The molecule has 2 aromatic heterocycles. The molecule has 0 aliphatic heterocycles. The highest BCUT2D eigenvalue weighted by atomic mass is 79.9. The first-order valence-corrected chi connectivity index (χ1v) is 6.38. The highest BCUT2D eigenvalue weighted by Gasteiger charge is 2.05. The predicted octanol–water partition coefficient (Wildman–Crippen LogP) is 2.96. The lowest BCUT2D eigenvalue weighted by atomic mass is 10.3. The number of rotatable bonds is 4. The number of aryl methyl sites for hydroxylation is 1. The Hall–Kier alpha value is -1.69. The summed E-state index contributed by atoms with van der Waals surface area (Å²) in [6, 6.07) is 3.41. The van der Waals surface area contributed by atoms with E-state index in [0.29, 0.717) is 23.3 Å². The molecule has 0 aliphatic carbocycles. The Morgan fingerprint density at radius 2 is 2.11 bits per heavy atom. The molecule has 0 amide bonds. The topological polar surface area (TPSA) is 73.9 Å². The van der Waals surface area contributed by atoms with Gasteiger partial charge in [0.1, 0.15) is 17.4 Å². The van der Waals surface area contributed by atoms with Crippen LogP contribution in [0.5, 0.6) is 11.6 Å². The van der Waals surface area contributed by atoms with Crippen LogP contribution in [0.1, 0.15) is 19.2 Å². The number of halogens is 1. The Morgan fingerprint density at radius 3 is 2.83 bits per heavy atom. The molecule has 0 atom stereocenters. The van der Waals surface area contributed by atoms with Gasteiger partial charge in [-0.15, -0.1) is 0 Å². The third kappa shape index (κ3) is 3.40. The highest BCUT2D eigenvalue weighted by molar-refractivity contribution is 9.10. The van der Waals surface area contributed by atoms with Gasteiger partial charge in [0.05, 0.1) is 6.20 Å². The van der Waals surface area contributed by atoms with E-state index in [-0.39, 0.29) is 0 Å². The van der Waals surface area contributed by atoms with Crippen LogP contribution in [0.15, 0.2) is 29.0 Å². The molecule has 0 saturated heterocycles. The normalized spacial score (nSPS) is 10.3. The fraction of sp³-hybridized carbons (Fsp3) is 0.250. The highest BCUT2D eigenvalue weighted by Crippen LogP contribution is 2.22. The maximum absolute atomic E-state index is 5.72. The van der Waals surface area contributed by atoms with Crippen molar-refractivity contribution in [1.29, 1.82) is 0 Å². The molecule has 2 aromatic rings. The molecule has 2 heterocycles. The van der Waals surface area contributed by atoms with Gasteiger partial charge in [-0.05, 0) is 28.4 Å². The Bertz CT molecular complexity index is 547. The summed E-state index contributed by atoms with van der Waals surface area (Å²) in [7, 11) is 0. The van der Waals surface area contributed by atoms with Crippen molar-refractivity contribution in [3.05, 3.63) is 34.8 Å². The lowest BCUT2D eigenvalue weighted by Crippen LogP contribution is -2.01. The summed E-state index contributed by atoms with van der Waals surface area (Å²) >= 11 is 3.33. The standard InChI is InChI=1S/C12H13BrN4O/c1-2-3-11-16-10(14)5-12(17-11)18-9-4-8(13)6-15-7-9/h4-7H,2-3H2,1H3,(H2,14,16,17). The average molecular weight is 309 g/mol. The van der Waals surface area contributed by atoms with Gasteiger partial charge in [-0.2, -0.15) is 4.98 Å². The van der Waals surface area contributed by atoms with Crippen molar-refractivity contribution in [1.82, 2.24) is 15.0 Å². The molecule has 18 heavy (non-hydrogen) atoms. The zero-order valence-electron chi connectivity index (χ0n) is 9.93. The molecular formula is C12H13BrN4O. The van der Waals surface area contributed by atoms with Crippen molar-refractivity contribution >= 4 is 21.7 Å². The van der Waals surface area contributed by atoms with Crippen molar-refractivity contribution in [2.24, 2.45) is 0 Å². The van der Waals surface area contributed by atoms with Crippen molar-refractivity contribution in [3.8, 4) is 11.6 Å². The van der Waals surface area contributed by atoms with Gasteiger partial charge in [-0.3, -0.25) is 4.98 Å². The van der Waals surface area contributed by atoms with Crippen molar-refractivity contribution in [2.75, 3.05) is 5.73 Å². The molecule has 6 heteroatoms. The second kappa shape index (κ2) is 5.77. The van der Waals surface area contributed by atoms with Crippen LogP contribution < -0.4 is 10.5 Å². The van der Waals surface area contributed by atoms with E-state index in [1.165, 1.54) is 0 Å². The quantitative estimate of drug-likeness (QED) is 0.940. The van der Waals surface area contributed by atoms with E-state index in [1.807, 2.05) is 6.07 Å². The smallest absolute Gasteiger partial charge is 0.224 e. The van der Waals surface area contributed by atoms with Crippen LogP contribution in [-0.4, -0.2) is 15.0 Å². The summed E-state index contributed by atoms with van der Waals surface area (Å²) in [5.41, 5.74) is 5.72. The molecule has 0 saturated carbocycles. The van der Waals surface area contributed by atoms with Gasteiger partial charge in [0.2, 0.25) is 5.88 Å². The summed E-state index contributed by atoms with van der Waals surface area (Å²) in [5.74, 6) is 2.14. The molecule has 0 fully saturated rings. The second-order valence-electron chi connectivity index (χ2n) is 3.74. The molecule has 2 N–H and O–H groups in total. The molecule has 0 aliphatic rings. The third-order valence-electron chi connectivity index (χ3n) is 2.14. The molecule has 0 aromatic carbocycles. The van der Waals surface area contributed by atoms with Crippen LogP contribution in [0.3, 0.4) is 0 Å². The van der Waals surface area contributed by atoms with E-state index < -0.39 is 0 Å².